The van der Waals surface area contributed by atoms with Gasteiger partial charge >= 0.3 is 0 Å². The van der Waals surface area contributed by atoms with Crippen LogP contribution in [-0.4, -0.2) is 110 Å². The van der Waals surface area contributed by atoms with Gasteiger partial charge in [-0.05, 0) is 115 Å². The molecule has 0 atom stereocenters. The highest BCUT2D eigenvalue weighted by Crippen LogP contribution is 2.15. The summed E-state index contributed by atoms with van der Waals surface area (Å²) in [6.45, 7) is 45.8. The molecule has 0 aromatic heterocycles. The highest BCUT2D eigenvalue weighted by Gasteiger charge is 2.16. The van der Waals surface area contributed by atoms with E-state index in [0.29, 0.717) is 0 Å². The molecule has 1 aromatic rings. The van der Waals surface area contributed by atoms with Gasteiger partial charge in [-0.15, -0.1) is 0 Å². The van der Waals surface area contributed by atoms with Crippen LogP contribution in [-0.2, 0) is 13.1 Å². The van der Waals surface area contributed by atoms with E-state index in [-0.39, 0.29) is 0 Å². The van der Waals surface area contributed by atoms with Crippen molar-refractivity contribution in [3.05, 3.63) is 35.4 Å². The number of hydrogen-bond acceptors (Lipinski definition) is 5. The summed E-state index contributed by atoms with van der Waals surface area (Å²) in [7, 11) is 0. The quantitative estimate of drug-likeness (QED) is 0.177. The van der Waals surface area contributed by atoms with Crippen LogP contribution in [0.25, 0.3) is 0 Å². The molecule has 5 nitrogen and oxygen atoms in total. The maximum atomic E-state index is 2.75. The van der Waals surface area contributed by atoms with Gasteiger partial charge in [0.15, 0.2) is 0 Å². The lowest BCUT2D eigenvalue weighted by Gasteiger charge is -2.35. The van der Waals surface area contributed by atoms with Crippen molar-refractivity contribution in [3.63, 3.8) is 0 Å². The molecule has 53 heavy (non-hydrogen) atoms. The van der Waals surface area contributed by atoms with E-state index in [1.54, 1.807) is 0 Å². The molecule has 5 heteroatoms. The molecule has 2 fully saturated rings. The van der Waals surface area contributed by atoms with Crippen molar-refractivity contribution >= 4 is 0 Å². The highest BCUT2D eigenvalue weighted by molar-refractivity contribution is 5.22. The van der Waals surface area contributed by atoms with Crippen molar-refractivity contribution in [2.45, 2.75) is 193 Å². The van der Waals surface area contributed by atoms with E-state index in [0.717, 1.165) is 13.1 Å². The summed E-state index contributed by atoms with van der Waals surface area (Å²) in [6.07, 6.45) is 18.9. The Labute approximate surface area is 337 Å². The fraction of sp³-hybridized carbons (Fsp3) is 0.875. The average molecular weight is 748 g/mol. The second kappa shape index (κ2) is 45.4. The van der Waals surface area contributed by atoms with Gasteiger partial charge in [0.25, 0.3) is 0 Å². The molecule has 0 spiro atoms. The minimum atomic E-state index is 1.09. The Kier molecular flexibility index (Phi) is 48.3. The van der Waals surface area contributed by atoms with Gasteiger partial charge in [-0.3, -0.25) is 9.80 Å². The van der Waals surface area contributed by atoms with Gasteiger partial charge in [0, 0.05) is 39.3 Å². The van der Waals surface area contributed by atoms with Crippen LogP contribution >= 0.6 is 0 Å². The molecule has 318 valence electrons. The largest absolute Gasteiger partial charge is 0.303 e. The van der Waals surface area contributed by atoms with Crippen molar-refractivity contribution in [1.29, 1.82) is 0 Å². The van der Waals surface area contributed by atoms with Crippen LogP contribution in [0.4, 0.5) is 0 Å². The molecule has 0 saturated carbocycles. The maximum absolute atomic E-state index is 2.75. The molecule has 0 bridgehead atoms. The molecule has 0 aliphatic carbocycles. The first-order valence-corrected chi connectivity index (χ1v) is 23.8. The smallest absolute Gasteiger partial charge is 0.0233 e. The molecule has 1 aromatic carbocycles. The first-order valence-electron chi connectivity index (χ1n) is 23.8. The Balaban J connectivity index is -0.00000206. The van der Waals surface area contributed by atoms with Gasteiger partial charge < -0.3 is 14.7 Å². The van der Waals surface area contributed by atoms with Gasteiger partial charge in [0.05, 0.1) is 0 Å². The van der Waals surface area contributed by atoms with Gasteiger partial charge in [-0.1, -0.05) is 159 Å². The Hall–Kier alpha value is -0.980. The normalized spacial score (nSPS) is 16.8. The molecule has 3 rings (SSSR count). The van der Waals surface area contributed by atoms with Crippen molar-refractivity contribution in [2.24, 2.45) is 0 Å². The minimum absolute atomic E-state index is 1.09. The zero-order chi connectivity index (χ0) is 40.4. The van der Waals surface area contributed by atoms with Gasteiger partial charge in [0.1, 0.15) is 0 Å². The molecular formula is C48H101N5. The number of hydrogen-bond donors (Lipinski definition) is 0. The molecule has 2 aliphatic heterocycles. The number of piperazine rings is 1. The average Bonchev–Trinajstić information content (AvgIpc) is 3.20. The van der Waals surface area contributed by atoms with E-state index >= 15 is 0 Å². The number of nitrogens with zero attached hydrogens (tertiary/aromatic N) is 5. The predicted molar refractivity (Wildman–Crippen MR) is 245 cm³/mol. The van der Waals surface area contributed by atoms with E-state index in [9.17, 15) is 0 Å². The minimum Gasteiger partial charge on any atom is -0.303 e. The molecule has 2 aliphatic rings. The van der Waals surface area contributed by atoms with Crippen LogP contribution in [0.5, 0.6) is 0 Å². The van der Waals surface area contributed by atoms with E-state index in [2.05, 4.69) is 83.4 Å². The Morgan fingerprint density at radius 1 is 0.415 bits per heavy atom. The van der Waals surface area contributed by atoms with Crippen LogP contribution in [0.15, 0.2) is 24.3 Å². The summed E-state index contributed by atoms with van der Waals surface area (Å²) in [5.74, 6) is 0. The molecule has 2 heterocycles. The van der Waals surface area contributed by atoms with Crippen LogP contribution in [0.3, 0.4) is 0 Å². The monoisotopic (exact) mass is 748 g/mol. The first kappa shape index (κ1) is 56.4. The van der Waals surface area contributed by atoms with Crippen LogP contribution in [0, 0.1) is 0 Å². The topological polar surface area (TPSA) is 16.2 Å². The van der Waals surface area contributed by atoms with Crippen molar-refractivity contribution < 1.29 is 0 Å². The molecule has 0 unspecified atom stereocenters. The zero-order valence-corrected chi connectivity index (χ0v) is 39.1. The summed E-state index contributed by atoms with van der Waals surface area (Å²) in [5, 5.41) is 0. The predicted octanol–water partition coefficient (Wildman–Crippen LogP) is 12.9. The molecule has 0 radical (unpaired) electrons. The summed E-state index contributed by atoms with van der Waals surface area (Å²) >= 11 is 0. The third-order valence-electron chi connectivity index (χ3n) is 9.55. The van der Waals surface area contributed by atoms with Gasteiger partial charge in [-0.25, -0.2) is 0 Å². The molecule has 2 saturated heterocycles. The van der Waals surface area contributed by atoms with Crippen molar-refractivity contribution in [1.82, 2.24) is 24.5 Å². The second-order valence-corrected chi connectivity index (χ2v) is 14.1. The number of unbranched alkanes of at least 4 members (excludes halogenated alkanes) is 1. The Bertz CT molecular complexity index is 777. The standard InChI is InChI=1S/C37H69N5.C3H8.4C2H6/c1-4-7-23-39-30-32-40(33-31-39)27-16-28-41(22-6-3)34-36-17-19-37(20-18-36)35-42-25-14-12-10-8-9-11-13-24-38(21-5-2)26-15-29-42;1-3-2;4*1-2/h17-20H,4-16,21-35H2,1-3H3;3H2,1-2H3;4*1-2H3. The van der Waals surface area contributed by atoms with E-state index < -0.39 is 0 Å². The third kappa shape index (κ3) is 32.9. The lowest BCUT2D eigenvalue weighted by Crippen LogP contribution is -2.47. The summed E-state index contributed by atoms with van der Waals surface area (Å²) in [6, 6.07) is 9.68. The molecule has 0 amide bonds. The van der Waals surface area contributed by atoms with Gasteiger partial charge in [0.2, 0.25) is 0 Å². The van der Waals surface area contributed by atoms with E-state index in [1.807, 2.05) is 55.4 Å². The first-order chi connectivity index (χ1) is 26.1. The molecular weight excluding hydrogens is 647 g/mol. The zero-order valence-electron chi connectivity index (χ0n) is 39.1. The Morgan fingerprint density at radius 3 is 1.32 bits per heavy atom. The SMILES string of the molecule is CC.CC.CC.CC.CCC.CCCCN1CCN(CCCN(CCC)Cc2ccc(CN3CCCCCCCCCN(CCC)CCC3)cc2)CC1. The van der Waals surface area contributed by atoms with Crippen molar-refractivity contribution in [2.75, 3.05) is 85.1 Å². The summed E-state index contributed by atoms with van der Waals surface area (Å²) in [4.78, 5) is 13.5. The Morgan fingerprint density at radius 2 is 0.830 bits per heavy atom. The maximum Gasteiger partial charge on any atom is 0.0233 e. The fourth-order valence-corrected chi connectivity index (χ4v) is 6.98. The summed E-state index contributed by atoms with van der Waals surface area (Å²) in [5.41, 5.74) is 2.97. The lowest BCUT2D eigenvalue weighted by atomic mass is 10.1. The van der Waals surface area contributed by atoms with E-state index in [4.69, 9.17) is 0 Å². The van der Waals surface area contributed by atoms with Crippen molar-refractivity contribution in [3.8, 4) is 0 Å². The third-order valence-corrected chi connectivity index (χ3v) is 9.55. The highest BCUT2D eigenvalue weighted by atomic mass is 15.3. The summed E-state index contributed by atoms with van der Waals surface area (Å²) < 4.78 is 0. The van der Waals surface area contributed by atoms with Crippen LogP contribution in [0.1, 0.15) is 191 Å². The molecule has 0 N–H and O–H groups in total. The lowest BCUT2D eigenvalue weighted by molar-refractivity contribution is 0.125. The second-order valence-electron chi connectivity index (χ2n) is 14.1. The number of benzene rings is 1. The number of rotatable bonds is 15. The van der Waals surface area contributed by atoms with Crippen LogP contribution < -0.4 is 0 Å². The van der Waals surface area contributed by atoms with E-state index in [1.165, 1.54) is 186 Å². The van der Waals surface area contributed by atoms with Gasteiger partial charge in [-0.2, -0.15) is 0 Å². The fourth-order valence-electron chi connectivity index (χ4n) is 6.98. The van der Waals surface area contributed by atoms with Crippen LogP contribution in [0.2, 0.25) is 0 Å².